The second-order valence-corrected chi connectivity index (χ2v) is 8.32. The number of nitrogens with zero attached hydrogens (tertiary/aromatic N) is 4. The molecule has 0 aromatic carbocycles. The Morgan fingerprint density at radius 3 is 2.72 bits per heavy atom. The molecule has 0 saturated heterocycles. The van der Waals surface area contributed by atoms with E-state index in [1.165, 1.54) is 11.7 Å². The minimum Gasteiger partial charge on any atom is -0.469 e. The number of rotatable bonds is 5. The first-order valence-corrected chi connectivity index (χ1v) is 10.6. The van der Waals surface area contributed by atoms with Crippen molar-refractivity contribution in [2.45, 2.75) is 57.4 Å². The van der Waals surface area contributed by atoms with Crippen LogP contribution in [0.1, 0.15) is 56.0 Å². The van der Waals surface area contributed by atoms with Crippen LogP contribution in [-0.4, -0.2) is 52.2 Å². The highest BCUT2D eigenvalue weighted by Crippen LogP contribution is 2.34. The van der Waals surface area contributed by atoms with Crippen molar-refractivity contribution in [3.63, 3.8) is 0 Å². The lowest BCUT2D eigenvalue weighted by molar-refractivity contribution is -0.141. The first-order valence-electron chi connectivity index (χ1n) is 10.6. The monoisotopic (exact) mass is 402 g/mol. The van der Waals surface area contributed by atoms with Gasteiger partial charge in [-0.05, 0) is 45.1 Å². The van der Waals surface area contributed by atoms with Gasteiger partial charge in [-0.25, -0.2) is 9.36 Å². The van der Waals surface area contributed by atoms with Gasteiger partial charge in [0.25, 0.3) is 0 Å². The number of carbonyl (C=O) groups excluding carboxylic acids is 1. The molecule has 2 aliphatic rings. The number of hydrogen-bond acceptors (Lipinski definition) is 6. The smallest absolute Gasteiger partial charge is 0.336 e. The zero-order chi connectivity index (χ0) is 20.4. The summed E-state index contributed by atoms with van der Waals surface area (Å²) in [5.74, 6) is 1.29. The second kappa shape index (κ2) is 8.57. The van der Waals surface area contributed by atoms with Gasteiger partial charge in [-0.3, -0.25) is 9.36 Å². The number of fused-ring (bicyclic) bond motifs is 1. The lowest BCUT2D eigenvalue weighted by Crippen LogP contribution is -2.29. The number of hydrogen-bond donors (Lipinski definition) is 0. The Kier molecular flexibility index (Phi) is 5.89. The van der Waals surface area contributed by atoms with E-state index >= 15 is 0 Å². The maximum Gasteiger partial charge on any atom is 0.336 e. The van der Waals surface area contributed by atoms with Gasteiger partial charge in [0.05, 0.1) is 12.8 Å². The number of imidazole rings is 1. The molecule has 158 valence electrons. The van der Waals surface area contributed by atoms with Crippen molar-refractivity contribution in [3.8, 4) is 6.01 Å². The quantitative estimate of drug-likeness (QED) is 0.714. The molecular weight excluding hydrogens is 372 g/mol. The van der Waals surface area contributed by atoms with Crippen molar-refractivity contribution in [1.82, 2.24) is 19.0 Å². The van der Waals surface area contributed by atoms with Gasteiger partial charge in [-0.1, -0.05) is 0 Å². The summed E-state index contributed by atoms with van der Waals surface area (Å²) < 4.78 is 14.0. The van der Waals surface area contributed by atoms with E-state index in [2.05, 4.69) is 16.9 Å². The van der Waals surface area contributed by atoms with Crippen LogP contribution in [0.5, 0.6) is 0 Å². The number of methoxy groups -OCH3 is 1. The average molecular weight is 402 g/mol. The molecule has 3 heterocycles. The van der Waals surface area contributed by atoms with E-state index in [1.54, 1.807) is 6.20 Å². The summed E-state index contributed by atoms with van der Waals surface area (Å²) >= 11 is 0. The zero-order valence-electron chi connectivity index (χ0n) is 17.3. The normalized spacial score (nSPS) is 22.8. The van der Waals surface area contributed by atoms with E-state index in [4.69, 9.17) is 9.15 Å². The van der Waals surface area contributed by atoms with Crippen molar-refractivity contribution >= 4 is 5.97 Å². The SMILES string of the molecule is COC(=O)CCC1CCC(n2ccn(-c3nc4c(o3)CCN(C)CC4)c2=O)CC1. The van der Waals surface area contributed by atoms with Gasteiger partial charge < -0.3 is 14.1 Å². The fourth-order valence-electron chi connectivity index (χ4n) is 4.51. The fraction of sp³-hybridized carbons (Fsp3) is 0.667. The summed E-state index contributed by atoms with van der Waals surface area (Å²) in [5, 5.41) is 0. The van der Waals surface area contributed by atoms with E-state index in [0.29, 0.717) is 18.4 Å². The lowest BCUT2D eigenvalue weighted by Gasteiger charge is -2.28. The summed E-state index contributed by atoms with van der Waals surface area (Å²) in [5.41, 5.74) is 0.881. The Balaban J connectivity index is 1.42. The predicted molar refractivity (Wildman–Crippen MR) is 107 cm³/mol. The molecule has 2 aromatic rings. The molecule has 1 aliphatic heterocycles. The van der Waals surface area contributed by atoms with Gasteiger partial charge in [-0.15, -0.1) is 0 Å². The van der Waals surface area contributed by atoms with Crippen LogP contribution in [0.2, 0.25) is 0 Å². The van der Waals surface area contributed by atoms with Crippen LogP contribution in [0.3, 0.4) is 0 Å². The van der Waals surface area contributed by atoms with Crippen molar-refractivity contribution < 1.29 is 13.9 Å². The predicted octanol–water partition coefficient (Wildman–Crippen LogP) is 2.34. The first kappa shape index (κ1) is 19.9. The molecule has 0 N–H and O–H groups in total. The van der Waals surface area contributed by atoms with Crippen LogP contribution in [0.15, 0.2) is 21.6 Å². The Labute approximate surface area is 170 Å². The van der Waals surface area contributed by atoms with Crippen LogP contribution in [0.25, 0.3) is 6.01 Å². The van der Waals surface area contributed by atoms with Gasteiger partial charge in [0.1, 0.15) is 5.76 Å². The molecule has 29 heavy (non-hydrogen) atoms. The number of oxazole rings is 1. The molecule has 8 heteroatoms. The number of carbonyl (C=O) groups is 1. The van der Waals surface area contributed by atoms with E-state index < -0.39 is 0 Å². The van der Waals surface area contributed by atoms with Crippen LogP contribution in [0, 0.1) is 5.92 Å². The molecule has 0 radical (unpaired) electrons. The Bertz CT molecular complexity index is 879. The van der Waals surface area contributed by atoms with Gasteiger partial charge in [-0.2, -0.15) is 4.98 Å². The maximum atomic E-state index is 13.0. The molecule has 1 saturated carbocycles. The van der Waals surface area contributed by atoms with Crippen molar-refractivity contribution in [2.24, 2.45) is 5.92 Å². The second-order valence-electron chi connectivity index (χ2n) is 8.32. The zero-order valence-corrected chi connectivity index (χ0v) is 17.3. The Morgan fingerprint density at radius 1 is 1.21 bits per heavy atom. The highest BCUT2D eigenvalue weighted by Gasteiger charge is 2.26. The first-order chi connectivity index (χ1) is 14.0. The summed E-state index contributed by atoms with van der Waals surface area (Å²) in [6.07, 6.45) is 10.6. The molecular formula is C21H30N4O4. The minimum absolute atomic E-state index is 0.0865. The highest BCUT2D eigenvalue weighted by atomic mass is 16.5. The molecule has 8 nitrogen and oxygen atoms in total. The van der Waals surface area contributed by atoms with Crippen molar-refractivity contribution in [2.75, 3.05) is 27.2 Å². The highest BCUT2D eigenvalue weighted by molar-refractivity contribution is 5.69. The van der Waals surface area contributed by atoms with Crippen LogP contribution in [-0.2, 0) is 22.4 Å². The van der Waals surface area contributed by atoms with E-state index in [-0.39, 0.29) is 17.7 Å². The van der Waals surface area contributed by atoms with Crippen molar-refractivity contribution in [3.05, 3.63) is 34.3 Å². The van der Waals surface area contributed by atoms with Crippen molar-refractivity contribution in [1.29, 1.82) is 0 Å². The molecule has 0 atom stereocenters. The van der Waals surface area contributed by atoms with Crippen LogP contribution >= 0.6 is 0 Å². The van der Waals surface area contributed by atoms with E-state index in [9.17, 15) is 9.59 Å². The number of esters is 1. The number of likely N-dealkylation sites (N-methyl/N-ethyl adjacent to an activating group) is 1. The van der Waals surface area contributed by atoms with E-state index in [0.717, 1.165) is 69.5 Å². The third-order valence-corrected chi connectivity index (χ3v) is 6.42. The largest absolute Gasteiger partial charge is 0.469 e. The summed E-state index contributed by atoms with van der Waals surface area (Å²) in [4.78, 5) is 31.2. The van der Waals surface area contributed by atoms with Crippen LogP contribution in [0.4, 0.5) is 0 Å². The molecule has 1 aliphatic carbocycles. The van der Waals surface area contributed by atoms with Gasteiger partial charge in [0.2, 0.25) is 0 Å². The van der Waals surface area contributed by atoms with Gasteiger partial charge in [0, 0.05) is 50.8 Å². The molecule has 2 aromatic heterocycles. The third-order valence-electron chi connectivity index (χ3n) is 6.42. The standard InChI is InChI=1S/C21H30N4O4/c1-23-11-9-17-18(10-12-23)29-20(22-17)25-14-13-24(21(25)27)16-6-3-15(4-7-16)5-8-19(26)28-2/h13-16H,3-12H2,1-2H3. The number of ether oxygens (including phenoxy) is 1. The summed E-state index contributed by atoms with van der Waals surface area (Å²) in [6.45, 7) is 1.89. The molecule has 4 rings (SSSR count). The third kappa shape index (κ3) is 4.32. The van der Waals surface area contributed by atoms with Gasteiger partial charge >= 0.3 is 17.7 Å². The fourth-order valence-corrected chi connectivity index (χ4v) is 4.51. The van der Waals surface area contributed by atoms with Crippen LogP contribution < -0.4 is 5.69 Å². The number of aromatic nitrogens is 3. The Morgan fingerprint density at radius 2 is 1.97 bits per heavy atom. The topological polar surface area (TPSA) is 82.5 Å². The molecule has 0 spiro atoms. The summed E-state index contributed by atoms with van der Waals surface area (Å²) in [7, 11) is 3.53. The summed E-state index contributed by atoms with van der Waals surface area (Å²) in [6, 6.07) is 0.578. The average Bonchev–Trinajstić information content (AvgIpc) is 3.27. The van der Waals surface area contributed by atoms with Gasteiger partial charge in [0.15, 0.2) is 0 Å². The maximum absolute atomic E-state index is 13.0. The lowest BCUT2D eigenvalue weighted by atomic mass is 9.83. The molecule has 1 fully saturated rings. The van der Waals surface area contributed by atoms with E-state index in [1.807, 2.05) is 10.8 Å². The Hall–Kier alpha value is -2.35. The molecule has 0 amide bonds. The minimum atomic E-state index is -0.142. The molecule has 0 bridgehead atoms. The molecule has 0 unspecified atom stereocenters.